The van der Waals surface area contributed by atoms with Crippen molar-refractivity contribution in [3.05, 3.63) is 17.7 Å². The van der Waals surface area contributed by atoms with Crippen LogP contribution >= 0.6 is 0 Å². The molecule has 0 aliphatic carbocycles. The molecule has 21 heavy (non-hydrogen) atoms. The first-order valence-electron chi connectivity index (χ1n) is 6.92. The van der Waals surface area contributed by atoms with Crippen molar-refractivity contribution in [2.24, 2.45) is 5.84 Å². The summed E-state index contributed by atoms with van der Waals surface area (Å²) < 4.78 is 0. The summed E-state index contributed by atoms with van der Waals surface area (Å²) in [5, 5.41) is 5.58. The van der Waals surface area contributed by atoms with Crippen molar-refractivity contribution in [3.8, 4) is 0 Å². The lowest BCUT2D eigenvalue weighted by molar-refractivity contribution is -0.122. The van der Waals surface area contributed by atoms with E-state index in [0.29, 0.717) is 30.9 Å². The first-order valence-corrected chi connectivity index (χ1v) is 6.92. The van der Waals surface area contributed by atoms with Crippen molar-refractivity contribution in [2.75, 3.05) is 12.0 Å². The molecule has 1 aliphatic heterocycles. The van der Waals surface area contributed by atoms with Crippen molar-refractivity contribution in [1.82, 2.24) is 20.6 Å². The van der Waals surface area contributed by atoms with E-state index in [0.717, 1.165) is 0 Å². The number of nitrogen functional groups attached to an aromatic ring is 1. The van der Waals surface area contributed by atoms with Crippen molar-refractivity contribution < 1.29 is 9.59 Å². The molecule has 0 spiro atoms. The predicted octanol–water partition coefficient (Wildman–Crippen LogP) is -0.106. The molecule has 114 valence electrons. The maximum Gasteiger partial charge on any atom is 0.272 e. The molecule has 8 nitrogen and oxygen atoms in total. The Hall–Kier alpha value is -2.22. The molecule has 0 bridgehead atoms. The third-order valence-corrected chi connectivity index (χ3v) is 3.30. The number of nitrogens with two attached hydrogens (primary N) is 1. The Bertz CT molecular complexity index is 535. The predicted molar refractivity (Wildman–Crippen MR) is 77.4 cm³/mol. The van der Waals surface area contributed by atoms with Gasteiger partial charge in [0.1, 0.15) is 5.82 Å². The van der Waals surface area contributed by atoms with Crippen LogP contribution in [0.15, 0.2) is 6.20 Å². The standard InChI is InChI=1S/C13H20N6O2/c1-7(2)12-16-6-9(19-14)11(18-12)13(21)17-8-3-4-10(20)15-5-8/h6-8,19H,3-5,14H2,1-2H3,(H,15,20)(H,17,21). The van der Waals surface area contributed by atoms with E-state index in [1.807, 2.05) is 13.8 Å². The Labute approximate surface area is 122 Å². The number of hydrogen-bond donors (Lipinski definition) is 4. The number of carbonyl (C=O) groups is 2. The van der Waals surface area contributed by atoms with Gasteiger partial charge in [-0.15, -0.1) is 0 Å². The summed E-state index contributed by atoms with van der Waals surface area (Å²) in [6, 6.07) is -0.0988. The lowest BCUT2D eigenvalue weighted by Crippen LogP contribution is -2.48. The second kappa shape index (κ2) is 6.49. The molecule has 1 fully saturated rings. The minimum absolute atomic E-state index is 0.00828. The highest BCUT2D eigenvalue weighted by Crippen LogP contribution is 2.16. The minimum Gasteiger partial charge on any atom is -0.354 e. The third kappa shape index (κ3) is 3.66. The molecule has 0 aromatic carbocycles. The largest absolute Gasteiger partial charge is 0.354 e. The zero-order valence-corrected chi connectivity index (χ0v) is 12.1. The number of hydrogen-bond acceptors (Lipinski definition) is 6. The Morgan fingerprint density at radius 1 is 1.52 bits per heavy atom. The number of carbonyl (C=O) groups excluding carboxylic acids is 2. The van der Waals surface area contributed by atoms with Gasteiger partial charge in [0.25, 0.3) is 5.91 Å². The quantitative estimate of drug-likeness (QED) is 0.454. The molecule has 1 aliphatic rings. The summed E-state index contributed by atoms with van der Waals surface area (Å²) in [6.07, 6.45) is 2.53. The fourth-order valence-corrected chi connectivity index (χ4v) is 2.06. The molecule has 2 heterocycles. The fourth-order valence-electron chi connectivity index (χ4n) is 2.06. The molecular weight excluding hydrogens is 272 g/mol. The number of amides is 2. The van der Waals surface area contributed by atoms with E-state index in [2.05, 4.69) is 26.0 Å². The molecule has 0 saturated carbocycles. The van der Waals surface area contributed by atoms with E-state index < -0.39 is 0 Å². The van der Waals surface area contributed by atoms with Crippen LogP contribution in [0.5, 0.6) is 0 Å². The zero-order chi connectivity index (χ0) is 15.4. The van der Waals surface area contributed by atoms with E-state index >= 15 is 0 Å². The average molecular weight is 292 g/mol. The molecule has 8 heteroatoms. The van der Waals surface area contributed by atoms with Gasteiger partial charge in [0, 0.05) is 24.9 Å². The smallest absolute Gasteiger partial charge is 0.272 e. The monoisotopic (exact) mass is 292 g/mol. The van der Waals surface area contributed by atoms with Crippen LogP contribution in [0.4, 0.5) is 5.69 Å². The highest BCUT2D eigenvalue weighted by molar-refractivity contribution is 5.97. The maximum atomic E-state index is 12.3. The third-order valence-electron chi connectivity index (χ3n) is 3.30. The van der Waals surface area contributed by atoms with Crippen LogP contribution in [-0.2, 0) is 4.79 Å². The summed E-state index contributed by atoms with van der Waals surface area (Å²) in [6.45, 7) is 4.32. The first kappa shape index (κ1) is 15.2. The lowest BCUT2D eigenvalue weighted by Gasteiger charge is -2.23. The maximum absolute atomic E-state index is 12.3. The highest BCUT2D eigenvalue weighted by Gasteiger charge is 2.23. The first-order chi connectivity index (χ1) is 10.0. The van der Waals surface area contributed by atoms with Gasteiger partial charge in [-0.05, 0) is 6.42 Å². The molecule has 5 N–H and O–H groups in total. The number of rotatable bonds is 4. The van der Waals surface area contributed by atoms with Gasteiger partial charge in [-0.2, -0.15) is 0 Å². The molecule has 1 unspecified atom stereocenters. The van der Waals surface area contributed by atoms with Crippen molar-refractivity contribution in [3.63, 3.8) is 0 Å². The molecule has 1 atom stereocenters. The second-order valence-electron chi connectivity index (χ2n) is 5.30. The van der Waals surface area contributed by atoms with Gasteiger partial charge in [0.15, 0.2) is 5.69 Å². The second-order valence-corrected chi connectivity index (χ2v) is 5.30. The minimum atomic E-state index is -0.326. The summed E-state index contributed by atoms with van der Waals surface area (Å²) in [5.74, 6) is 5.77. The van der Waals surface area contributed by atoms with Gasteiger partial charge in [0.05, 0.1) is 11.9 Å². The summed E-state index contributed by atoms with van der Waals surface area (Å²) in [4.78, 5) is 31.9. The Kier molecular flexibility index (Phi) is 4.69. The van der Waals surface area contributed by atoms with Crippen molar-refractivity contribution in [2.45, 2.75) is 38.6 Å². The summed E-state index contributed by atoms with van der Waals surface area (Å²) in [5.41, 5.74) is 3.02. The molecule has 1 aromatic rings. The normalized spacial score (nSPS) is 18.3. The van der Waals surface area contributed by atoms with Gasteiger partial charge in [-0.3, -0.25) is 15.4 Å². The SMILES string of the molecule is CC(C)c1ncc(NN)c(C(=O)NC2CCC(=O)NC2)n1. The van der Waals surface area contributed by atoms with E-state index in [1.54, 1.807) is 0 Å². The number of nitrogens with one attached hydrogen (secondary N) is 3. The molecular formula is C13H20N6O2. The molecule has 2 amide bonds. The molecule has 2 rings (SSSR count). The summed E-state index contributed by atoms with van der Waals surface area (Å²) >= 11 is 0. The number of piperidine rings is 1. The van der Waals surface area contributed by atoms with Crippen LogP contribution in [0.2, 0.25) is 0 Å². The Morgan fingerprint density at radius 3 is 2.86 bits per heavy atom. The topological polar surface area (TPSA) is 122 Å². The van der Waals surface area contributed by atoms with Crippen LogP contribution in [0.25, 0.3) is 0 Å². The van der Waals surface area contributed by atoms with Crippen LogP contribution < -0.4 is 21.9 Å². The molecule has 0 radical (unpaired) electrons. The van der Waals surface area contributed by atoms with Crippen LogP contribution in [-0.4, -0.2) is 34.4 Å². The van der Waals surface area contributed by atoms with E-state index in [-0.39, 0.29) is 29.5 Å². The van der Waals surface area contributed by atoms with Gasteiger partial charge < -0.3 is 16.1 Å². The Morgan fingerprint density at radius 2 is 2.29 bits per heavy atom. The summed E-state index contributed by atoms with van der Waals surface area (Å²) in [7, 11) is 0. The molecule has 1 aromatic heterocycles. The van der Waals surface area contributed by atoms with Gasteiger partial charge >= 0.3 is 0 Å². The van der Waals surface area contributed by atoms with E-state index in [9.17, 15) is 9.59 Å². The number of anilines is 1. The fraction of sp³-hybridized carbons (Fsp3) is 0.538. The highest BCUT2D eigenvalue weighted by atomic mass is 16.2. The van der Waals surface area contributed by atoms with Crippen LogP contribution in [0.1, 0.15) is 48.9 Å². The van der Waals surface area contributed by atoms with Crippen LogP contribution in [0, 0.1) is 0 Å². The average Bonchev–Trinajstić information content (AvgIpc) is 2.48. The van der Waals surface area contributed by atoms with E-state index in [4.69, 9.17) is 5.84 Å². The van der Waals surface area contributed by atoms with Crippen molar-refractivity contribution in [1.29, 1.82) is 0 Å². The molecule has 1 saturated heterocycles. The number of hydrazine groups is 1. The van der Waals surface area contributed by atoms with Crippen molar-refractivity contribution >= 4 is 17.5 Å². The van der Waals surface area contributed by atoms with Gasteiger partial charge in [-0.1, -0.05) is 13.8 Å². The van der Waals surface area contributed by atoms with Crippen LogP contribution in [0.3, 0.4) is 0 Å². The van der Waals surface area contributed by atoms with E-state index in [1.165, 1.54) is 6.20 Å². The number of aromatic nitrogens is 2. The lowest BCUT2D eigenvalue weighted by atomic mass is 10.1. The Balaban J connectivity index is 2.13. The number of nitrogens with zero attached hydrogens (tertiary/aromatic N) is 2. The van der Waals surface area contributed by atoms with Gasteiger partial charge in [0.2, 0.25) is 5.91 Å². The van der Waals surface area contributed by atoms with Gasteiger partial charge in [-0.25, -0.2) is 9.97 Å². The zero-order valence-electron chi connectivity index (χ0n) is 12.1.